The molecule has 2 aliphatic heterocycles. The van der Waals surface area contributed by atoms with E-state index in [2.05, 4.69) is 37.5 Å². The second-order valence-corrected chi connectivity index (χ2v) is 7.73. The first-order valence-corrected chi connectivity index (χ1v) is 9.27. The van der Waals surface area contributed by atoms with Crippen LogP contribution in [0.4, 0.5) is 0 Å². The van der Waals surface area contributed by atoms with Crippen molar-refractivity contribution >= 4 is 0 Å². The van der Waals surface area contributed by atoms with Crippen molar-refractivity contribution in [3.05, 3.63) is 0 Å². The fourth-order valence-electron chi connectivity index (χ4n) is 4.73. The van der Waals surface area contributed by atoms with Crippen molar-refractivity contribution in [1.29, 1.82) is 0 Å². The van der Waals surface area contributed by atoms with Gasteiger partial charge in [0.15, 0.2) is 0 Å². The number of rotatable bonds is 7. The largest absolute Gasteiger partial charge is 0.329 e. The molecule has 0 spiro atoms. The van der Waals surface area contributed by atoms with Crippen molar-refractivity contribution in [1.82, 2.24) is 9.80 Å². The molecule has 2 saturated heterocycles. The maximum Gasteiger partial charge on any atom is 0.0361 e. The van der Waals surface area contributed by atoms with Crippen LogP contribution in [-0.2, 0) is 0 Å². The summed E-state index contributed by atoms with van der Waals surface area (Å²) in [6, 6.07) is 1.50. The average Bonchev–Trinajstić information content (AvgIpc) is 2.94. The Labute approximate surface area is 132 Å². The molecule has 0 saturated carbocycles. The minimum Gasteiger partial charge on any atom is -0.329 e. The number of piperidine rings is 1. The Hall–Kier alpha value is -0.120. The molecule has 2 heterocycles. The van der Waals surface area contributed by atoms with Crippen LogP contribution < -0.4 is 5.73 Å². The van der Waals surface area contributed by atoms with Gasteiger partial charge in [0.05, 0.1) is 0 Å². The smallest absolute Gasteiger partial charge is 0.0361 e. The van der Waals surface area contributed by atoms with Gasteiger partial charge in [0.25, 0.3) is 0 Å². The highest BCUT2D eigenvalue weighted by Crippen LogP contribution is 2.38. The van der Waals surface area contributed by atoms with Crippen molar-refractivity contribution < 1.29 is 0 Å². The molecule has 3 heteroatoms. The summed E-state index contributed by atoms with van der Waals surface area (Å²) in [5.74, 6) is 0.718. The molecule has 0 aromatic heterocycles. The maximum atomic E-state index is 6.38. The predicted molar refractivity (Wildman–Crippen MR) is 91.5 cm³/mol. The van der Waals surface area contributed by atoms with Gasteiger partial charge in [-0.1, -0.05) is 27.7 Å². The maximum absolute atomic E-state index is 6.38. The molecule has 0 bridgehead atoms. The molecule has 21 heavy (non-hydrogen) atoms. The Balaban J connectivity index is 2.20. The van der Waals surface area contributed by atoms with E-state index in [9.17, 15) is 0 Å². The lowest BCUT2D eigenvalue weighted by atomic mass is 9.79. The third kappa shape index (κ3) is 3.62. The lowest BCUT2D eigenvalue weighted by Crippen LogP contribution is -2.64. The van der Waals surface area contributed by atoms with Crippen LogP contribution in [0.15, 0.2) is 0 Å². The molecule has 3 nitrogen and oxygen atoms in total. The zero-order valence-corrected chi connectivity index (χ0v) is 14.8. The van der Waals surface area contributed by atoms with Crippen LogP contribution >= 0.6 is 0 Å². The quantitative estimate of drug-likeness (QED) is 0.783. The Bertz CT molecular complexity index is 314. The van der Waals surface area contributed by atoms with Gasteiger partial charge in [0, 0.05) is 37.3 Å². The first-order chi connectivity index (χ1) is 10.1. The van der Waals surface area contributed by atoms with Gasteiger partial charge in [0.1, 0.15) is 0 Å². The standard InChI is InChI=1S/C18H37N3/c1-5-16(6-2)21(13-15(3)4)18(14-19)9-11-20-10-7-8-17(20)12-18/h15-17H,5-14,19H2,1-4H3. The Kier molecular flexibility index (Phi) is 6.10. The molecule has 2 atom stereocenters. The molecule has 0 amide bonds. The van der Waals surface area contributed by atoms with Crippen molar-refractivity contribution in [3.8, 4) is 0 Å². The molecule has 0 aromatic carbocycles. The van der Waals surface area contributed by atoms with Gasteiger partial charge in [-0.15, -0.1) is 0 Å². The van der Waals surface area contributed by atoms with Gasteiger partial charge >= 0.3 is 0 Å². The summed E-state index contributed by atoms with van der Waals surface area (Å²) in [5, 5.41) is 0. The first kappa shape index (κ1) is 17.2. The summed E-state index contributed by atoms with van der Waals surface area (Å²) in [6.07, 6.45) is 7.84. The van der Waals surface area contributed by atoms with Crippen molar-refractivity contribution in [2.45, 2.75) is 83.8 Å². The lowest BCUT2D eigenvalue weighted by molar-refractivity contribution is -0.0259. The highest BCUT2D eigenvalue weighted by atomic mass is 15.3. The van der Waals surface area contributed by atoms with E-state index in [0.29, 0.717) is 6.04 Å². The zero-order chi connectivity index (χ0) is 15.5. The van der Waals surface area contributed by atoms with Crippen LogP contribution in [0.1, 0.15) is 66.2 Å². The molecule has 2 N–H and O–H groups in total. The Morgan fingerprint density at radius 1 is 1.24 bits per heavy atom. The van der Waals surface area contributed by atoms with Crippen molar-refractivity contribution in [2.24, 2.45) is 11.7 Å². The van der Waals surface area contributed by atoms with Crippen LogP contribution in [0, 0.1) is 5.92 Å². The summed E-state index contributed by atoms with van der Waals surface area (Å²) >= 11 is 0. The molecule has 0 radical (unpaired) electrons. The number of hydrogen-bond donors (Lipinski definition) is 1. The van der Waals surface area contributed by atoms with Gasteiger partial charge in [-0.05, 0) is 51.0 Å². The van der Waals surface area contributed by atoms with E-state index < -0.39 is 0 Å². The van der Waals surface area contributed by atoms with Crippen LogP contribution in [0.3, 0.4) is 0 Å². The van der Waals surface area contributed by atoms with E-state index >= 15 is 0 Å². The van der Waals surface area contributed by atoms with Gasteiger partial charge in [0.2, 0.25) is 0 Å². The Morgan fingerprint density at radius 3 is 2.52 bits per heavy atom. The normalized spacial score (nSPS) is 30.6. The summed E-state index contributed by atoms with van der Waals surface area (Å²) in [5.41, 5.74) is 6.64. The minimum absolute atomic E-state index is 0.256. The van der Waals surface area contributed by atoms with Crippen LogP contribution in [0.2, 0.25) is 0 Å². The number of nitrogens with zero attached hydrogens (tertiary/aromatic N) is 2. The second kappa shape index (κ2) is 7.43. The molecule has 2 unspecified atom stereocenters. The molecule has 2 aliphatic rings. The molecule has 2 rings (SSSR count). The van der Waals surface area contributed by atoms with E-state index in [-0.39, 0.29) is 5.54 Å². The van der Waals surface area contributed by atoms with E-state index in [4.69, 9.17) is 5.73 Å². The van der Waals surface area contributed by atoms with Crippen LogP contribution in [0.5, 0.6) is 0 Å². The van der Waals surface area contributed by atoms with E-state index in [0.717, 1.165) is 18.5 Å². The number of nitrogens with two attached hydrogens (primary N) is 1. The molecular weight excluding hydrogens is 258 g/mol. The number of fused-ring (bicyclic) bond motifs is 1. The fraction of sp³-hybridized carbons (Fsp3) is 1.00. The minimum atomic E-state index is 0.256. The molecule has 2 fully saturated rings. The summed E-state index contributed by atoms with van der Waals surface area (Å²) in [6.45, 7) is 14.0. The fourth-order valence-corrected chi connectivity index (χ4v) is 4.73. The molecule has 124 valence electrons. The summed E-state index contributed by atoms with van der Waals surface area (Å²) < 4.78 is 0. The average molecular weight is 296 g/mol. The predicted octanol–water partition coefficient (Wildman–Crippen LogP) is 3.09. The zero-order valence-electron chi connectivity index (χ0n) is 14.8. The molecule has 0 aliphatic carbocycles. The van der Waals surface area contributed by atoms with E-state index in [1.807, 2.05) is 0 Å². The molecular formula is C18H37N3. The van der Waals surface area contributed by atoms with E-state index in [1.165, 1.54) is 58.2 Å². The first-order valence-electron chi connectivity index (χ1n) is 9.27. The van der Waals surface area contributed by atoms with Gasteiger partial charge in [-0.25, -0.2) is 0 Å². The highest BCUT2D eigenvalue weighted by molar-refractivity contribution is 5.03. The second-order valence-electron chi connectivity index (χ2n) is 7.73. The summed E-state index contributed by atoms with van der Waals surface area (Å²) in [7, 11) is 0. The summed E-state index contributed by atoms with van der Waals surface area (Å²) in [4.78, 5) is 5.54. The number of hydrogen-bond acceptors (Lipinski definition) is 3. The van der Waals surface area contributed by atoms with Crippen molar-refractivity contribution in [3.63, 3.8) is 0 Å². The van der Waals surface area contributed by atoms with Crippen LogP contribution in [0.25, 0.3) is 0 Å². The highest BCUT2D eigenvalue weighted by Gasteiger charge is 2.45. The van der Waals surface area contributed by atoms with Gasteiger partial charge in [-0.2, -0.15) is 0 Å². The van der Waals surface area contributed by atoms with Gasteiger partial charge < -0.3 is 10.6 Å². The third-order valence-electron chi connectivity index (χ3n) is 5.91. The third-order valence-corrected chi connectivity index (χ3v) is 5.91. The SMILES string of the molecule is CCC(CC)N(CC(C)C)C1(CN)CCN2CCCC2C1. The van der Waals surface area contributed by atoms with Crippen LogP contribution in [-0.4, -0.2) is 53.6 Å². The monoisotopic (exact) mass is 295 g/mol. The Morgan fingerprint density at radius 2 is 1.95 bits per heavy atom. The van der Waals surface area contributed by atoms with Gasteiger partial charge in [-0.3, -0.25) is 4.90 Å². The van der Waals surface area contributed by atoms with Crippen molar-refractivity contribution in [2.75, 3.05) is 26.2 Å². The lowest BCUT2D eigenvalue weighted by Gasteiger charge is -2.53. The van der Waals surface area contributed by atoms with E-state index in [1.54, 1.807) is 0 Å². The topological polar surface area (TPSA) is 32.5 Å². The molecule has 0 aromatic rings.